The van der Waals surface area contributed by atoms with E-state index in [0.29, 0.717) is 33.4 Å². The summed E-state index contributed by atoms with van der Waals surface area (Å²) in [5, 5.41) is 7.14. The number of aromatic nitrogens is 3. The van der Waals surface area contributed by atoms with Gasteiger partial charge in [-0.15, -0.1) is 0 Å². The van der Waals surface area contributed by atoms with Crippen molar-refractivity contribution >= 4 is 35.4 Å². The second-order valence-electron chi connectivity index (χ2n) is 5.50. The summed E-state index contributed by atoms with van der Waals surface area (Å²) in [6.45, 7) is 0.560. The highest BCUT2D eigenvalue weighted by Crippen LogP contribution is 2.37. The Balaban J connectivity index is 1.75. The predicted molar refractivity (Wildman–Crippen MR) is 104 cm³/mol. The van der Waals surface area contributed by atoms with Gasteiger partial charge in [-0.2, -0.15) is 5.10 Å². The fourth-order valence-electron chi connectivity index (χ4n) is 2.34. The van der Waals surface area contributed by atoms with E-state index in [0.717, 1.165) is 5.56 Å². The number of hydrogen-bond acceptors (Lipinski definition) is 5. The van der Waals surface area contributed by atoms with Crippen molar-refractivity contribution in [2.75, 3.05) is 12.5 Å². The quantitative estimate of drug-likeness (QED) is 0.533. The van der Waals surface area contributed by atoms with Crippen LogP contribution in [0.25, 0.3) is 0 Å². The van der Waals surface area contributed by atoms with Gasteiger partial charge in [0.05, 0.1) is 23.7 Å². The topological polar surface area (TPSA) is 64.1 Å². The van der Waals surface area contributed by atoms with Crippen LogP contribution < -0.4 is 14.9 Å². The lowest BCUT2D eigenvalue weighted by atomic mass is 10.2. The molecule has 0 amide bonds. The molecule has 0 aliphatic rings. The molecule has 27 heavy (non-hydrogen) atoms. The molecule has 0 spiro atoms. The third-order valence-electron chi connectivity index (χ3n) is 3.68. The molecule has 6 nitrogen and oxygen atoms in total. The second-order valence-corrected chi connectivity index (χ2v) is 6.70. The highest BCUT2D eigenvalue weighted by Gasteiger charge is 2.13. The molecular weight excluding hydrogens is 414 g/mol. The number of nitrogens with zero attached hydrogens (tertiary/aromatic N) is 2. The van der Waals surface area contributed by atoms with E-state index in [1.807, 2.05) is 0 Å². The molecule has 0 aliphatic heterocycles. The fourth-order valence-corrected chi connectivity index (χ4v) is 3.02. The highest BCUT2D eigenvalue weighted by molar-refractivity contribution is 7.71. The number of benzene rings is 2. The Kier molecular flexibility index (Phi) is 6.20. The molecule has 1 aromatic heterocycles. The first-order chi connectivity index (χ1) is 13.0. The maximum Gasteiger partial charge on any atom is 0.214 e. The number of ether oxygens (including phenoxy) is 2. The summed E-state index contributed by atoms with van der Waals surface area (Å²) in [5.74, 6) is 0.436. The summed E-state index contributed by atoms with van der Waals surface area (Å²) in [6, 6.07) is 7.66. The van der Waals surface area contributed by atoms with Crippen molar-refractivity contribution in [2.24, 2.45) is 0 Å². The SMILES string of the molecule is COc1cc(CNn2cn[nH]c2=S)cc(Cl)c1OCc1ccc(F)cc1Cl. The number of halogens is 3. The number of rotatable bonds is 7. The predicted octanol–water partition coefficient (Wildman–Crippen LogP) is 4.72. The van der Waals surface area contributed by atoms with E-state index in [2.05, 4.69) is 15.6 Å². The first kappa shape index (κ1) is 19.5. The van der Waals surface area contributed by atoms with E-state index >= 15 is 0 Å². The van der Waals surface area contributed by atoms with Gasteiger partial charge in [0.1, 0.15) is 18.8 Å². The van der Waals surface area contributed by atoms with Crippen LogP contribution in [0.1, 0.15) is 11.1 Å². The Morgan fingerprint density at radius 1 is 1.26 bits per heavy atom. The summed E-state index contributed by atoms with van der Waals surface area (Å²) >= 11 is 17.5. The normalized spacial score (nSPS) is 10.7. The lowest BCUT2D eigenvalue weighted by Crippen LogP contribution is -2.13. The summed E-state index contributed by atoms with van der Waals surface area (Å²) in [5.41, 5.74) is 4.58. The molecule has 0 aliphatic carbocycles. The Hall–Kier alpha value is -2.29. The lowest BCUT2D eigenvalue weighted by Gasteiger charge is -2.15. The first-order valence-corrected chi connectivity index (χ1v) is 8.93. The molecule has 0 fully saturated rings. The molecule has 0 atom stereocenters. The van der Waals surface area contributed by atoms with Crippen molar-refractivity contribution < 1.29 is 13.9 Å². The van der Waals surface area contributed by atoms with Gasteiger partial charge in [-0.05, 0) is 42.0 Å². The van der Waals surface area contributed by atoms with Crippen LogP contribution in [-0.2, 0) is 13.2 Å². The van der Waals surface area contributed by atoms with E-state index in [-0.39, 0.29) is 11.6 Å². The Labute approximate surface area is 169 Å². The second kappa shape index (κ2) is 8.60. The maximum atomic E-state index is 13.2. The molecule has 0 bridgehead atoms. The zero-order chi connectivity index (χ0) is 19.4. The van der Waals surface area contributed by atoms with Gasteiger partial charge in [-0.25, -0.2) is 9.07 Å². The first-order valence-electron chi connectivity index (χ1n) is 7.77. The molecule has 1 heterocycles. The average molecular weight is 429 g/mol. The molecule has 2 aromatic carbocycles. The molecule has 0 saturated carbocycles. The highest BCUT2D eigenvalue weighted by atomic mass is 35.5. The van der Waals surface area contributed by atoms with Crippen molar-refractivity contribution in [2.45, 2.75) is 13.2 Å². The van der Waals surface area contributed by atoms with Gasteiger partial charge in [0, 0.05) is 5.56 Å². The van der Waals surface area contributed by atoms with Gasteiger partial charge in [0.2, 0.25) is 4.77 Å². The van der Waals surface area contributed by atoms with Crippen molar-refractivity contribution in [1.29, 1.82) is 0 Å². The molecular formula is C17H15Cl2FN4O2S. The minimum Gasteiger partial charge on any atom is -0.493 e. The largest absolute Gasteiger partial charge is 0.493 e. The Morgan fingerprint density at radius 3 is 2.74 bits per heavy atom. The van der Waals surface area contributed by atoms with Crippen LogP contribution in [0.3, 0.4) is 0 Å². The van der Waals surface area contributed by atoms with Gasteiger partial charge < -0.3 is 14.9 Å². The van der Waals surface area contributed by atoms with Crippen LogP contribution in [0.2, 0.25) is 10.0 Å². The summed E-state index contributed by atoms with van der Waals surface area (Å²) < 4.78 is 26.3. The van der Waals surface area contributed by atoms with Gasteiger partial charge in [0.25, 0.3) is 0 Å². The van der Waals surface area contributed by atoms with Crippen molar-refractivity contribution in [3.8, 4) is 11.5 Å². The van der Waals surface area contributed by atoms with Gasteiger partial charge in [0.15, 0.2) is 11.5 Å². The number of methoxy groups -OCH3 is 1. The minimum atomic E-state index is -0.408. The smallest absolute Gasteiger partial charge is 0.214 e. The van der Waals surface area contributed by atoms with Gasteiger partial charge in [-0.1, -0.05) is 29.3 Å². The number of aromatic amines is 1. The molecule has 3 aromatic rings. The standard InChI is InChI=1S/C17H15Cl2FN4O2S/c1-25-15-5-10(7-22-24-9-21-23-17(24)27)4-14(19)16(15)26-8-11-2-3-12(20)6-13(11)18/h2-6,9,22H,7-8H2,1H3,(H,23,27). The zero-order valence-electron chi connectivity index (χ0n) is 14.1. The summed E-state index contributed by atoms with van der Waals surface area (Å²) in [7, 11) is 1.52. The average Bonchev–Trinajstić information content (AvgIpc) is 3.05. The van der Waals surface area contributed by atoms with Gasteiger partial charge >= 0.3 is 0 Å². The van der Waals surface area contributed by atoms with Crippen molar-refractivity contribution in [1.82, 2.24) is 14.9 Å². The molecule has 2 N–H and O–H groups in total. The van der Waals surface area contributed by atoms with Gasteiger partial charge in [-0.3, -0.25) is 5.10 Å². The number of hydrogen-bond donors (Lipinski definition) is 2. The van der Waals surface area contributed by atoms with E-state index in [9.17, 15) is 4.39 Å². The Bertz CT molecular complexity index is 1010. The van der Waals surface area contributed by atoms with Crippen LogP contribution >= 0.6 is 35.4 Å². The maximum absolute atomic E-state index is 13.2. The summed E-state index contributed by atoms with van der Waals surface area (Å²) in [4.78, 5) is 0. The fraction of sp³-hybridized carbons (Fsp3) is 0.176. The molecule has 0 saturated heterocycles. The molecule has 0 radical (unpaired) electrons. The van der Waals surface area contributed by atoms with Crippen LogP contribution in [0.5, 0.6) is 11.5 Å². The molecule has 142 valence electrons. The number of nitrogens with one attached hydrogen (secondary N) is 2. The van der Waals surface area contributed by atoms with E-state index in [1.165, 1.54) is 25.6 Å². The monoisotopic (exact) mass is 428 g/mol. The van der Waals surface area contributed by atoms with E-state index < -0.39 is 5.82 Å². The van der Waals surface area contributed by atoms with Crippen molar-refractivity contribution in [3.63, 3.8) is 0 Å². The Morgan fingerprint density at radius 2 is 2.07 bits per heavy atom. The lowest BCUT2D eigenvalue weighted by molar-refractivity contribution is 0.284. The minimum absolute atomic E-state index is 0.122. The third-order valence-corrected chi connectivity index (χ3v) is 4.60. The molecule has 10 heteroatoms. The van der Waals surface area contributed by atoms with Crippen LogP contribution in [-0.4, -0.2) is 22.0 Å². The van der Waals surface area contributed by atoms with E-state index in [1.54, 1.807) is 22.9 Å². The molecule has 3 rings (SSSR count). The van der Waals surface area contributed by atoms with E-state index in [4.69, 9.17) is 44.9 Å². The third kappa shape index (κ3) is 4.71. The molecule has 0 unspecified atom stereocenters. The zero-order valence-corrected chi connectivity index (χ0v) is 16.5. The van der Waals surface area contributed by atoms with Crippen molar-refractivity contribution in [3.05, 3.63) is 68.4 Å². The van der Waals surface area contributed by atoms with Crippen LogP contribution in [0.15, 0.2) is 36.7 Å². The van der Waals surface area contributed by atoms with Crippen LogP contribution in [0, 0.1) is 10.6 Å². The number of H-pyrrole nitrogens is 1. The van der Waals surface area contributed by atoms with Crippen LogP contribution in [0.4, 0.5) is 4.39 Å². The summed E-state index contributed by atoms with van der Waals surface area (Å²) in [6.07, 6.45) is 1.53.